The summed E-state index contributed by atoms with van der Waals surface area (Å²) in [4.78, 5) is 40.3. The van der Waals surface area contributed by atoms with Gasteiger partial charge in [-0.25, -0.2) is 8.42 Å². The Morgan fingerprint density at radius 3 is 2.58 bits per heavy atom. The van der Waals surface area contributed by atoms with Crippen molar-refractivity contribution in [3.05, 3.63) is 47.3 Å². The second kappa shape index (κ2) is 10.8. The molecule has 0 bridgehead atoms. The van der Waals surface area contributed by atoms with E-state index in [9.17, 15) is 22.8 Å². The largest absolute Gasteiger partial charge is 0.466 e. The summed E-state index contributed by atoms with van der Waals surface area (Å²) in [5, 5.41) is 1.67. The summed E-state index contributed by atoms with van der Waals surface area (Å²) in [6.45, 7) is 2.75. The first kappa shape index (κ1) is 24.7. The smallest absolute Gasteiger partial charge is 0.310 e. The minimum Gasteiger partial charge on any atom is -0.466 e. The van der Waals surface area contributed by atoms with Crippen LogP contribution in [0.15, 0.2) is 46.0 Å². The van der Waals surface area contributed by atoms with Crippen LogP contribution < -0.4 is 4.72 Å². The molecule has 1 aliphatic heterocycles. The molecule has 1 fully saturated rings. The molecule has 1 aliphatic rings. The molecule has 1 atom stereocenters. The van der Waals surface area contributed by atoms with E-state index in [1.54, 1.807) is 23.3 Å². The minimum atomic E-state index is -3.67. The van der Waals surface area contributed by atoms with Gasteiger partial charge in [0.2, 0.25) is 5.91 Å². The number of amides is 2. The molecule has 1 N–H and O–H groups in total. The lowest BCUT2D eigenvalue weighted by atomic mass is 9.98. The van der Waals surface area contributed by atoms with Crippen molar-refractivity contribution in [2.24, 2.45) is 5.92 Å². The maximum absolute atomic E-state index is 12.7. The van der Waals surface area contributed by atoms with Crippen molar-refractivity contribution in [1.82, 2.24) is 9.80 Å². The van der Waals surface area contributed by atoms with Crippen LogP contribution in [0.3, 0.4) is 0 Å². The van der Waals surface area contributed by atoms with E-state index in [1.807, 2.05) is 0 Å². The predicted octanol–water partition coefficient (Wildman–Crippen LogP) is 2.42. The van der Waals surface area contributed by atoms with Crippen molar-refractivity contribution in [2.45, 2.75) is 24.0 Å². The van der Waals surface area contributed by atoms with E-state index in [1.165, 1.54) is 42.3 Å². The zero-order valence-electron chi connectivity index (χ0n) is 18.5. The second-order valence-corrected chi connectivity index (χ2v) is 10.6. The van der Waals surface area contributed by atoms with E-state index in [0.29, 0.717) is 43.8 Å². The van der Waals surface area contributed by atoms with Gasteiger partial charge in [-0.15, -0.1) is 11.3 Å². The van der Waals surface area contributed by atoms with Gasteiger partial charge in [0.1, 0.15) is 4.21 Å². The Balaban J connectivity index is 1.57. The molecule has 2 heterocycles. The third-order valence-corrected chi connectivity index (χ3v) is 8.04. The number of sulfonamides is 1. The van der Waals surface area contributed by atoms with Gasteiger partial charge in [0.15, 0.2) is 0 Å². The number of likely N-dealkylation sites (tertiary alicyclic amines) is 1. The van der Waals surface area contributed by atoms with Gasteiger partial charge in [-0.05, 0) is 55.5 Å². The van der Waals surface area contributed by atoms with Crippen LogP contribution in [0, 0.1) is 5.92 Å². The highest BCUT2D eigenvalue weighted by atomic mass is 32.2. The Hall–Kier alpha value is -2.92. The van der Waals surface area contributed by atoms with Crippen molar-refractivity contribution in [3.63, 3.8) is 0 Å². The molecule has 1 saturated heterocycles. The number of carbonyl (C=O) groups is 3. The summed E-state index contributed by atoms with van der Waals surface area (Å²) in [5.41, 5.74) is 0.657. The van der Waals surface area contributed by atoms with Gasteiger partial charge in [0.05, 0.1) is 19.1 Å². The van der Waals surface area contributed by atoms with Crippen LogP contribution in [0.1, 0.15) is 30.1 Å². The van der Waals surface area contributed by atoms with Crippen molar-refractivity contribution >= 4 is 44.8 Å². The highest BCUT2D eigenvalue weighted by Crippen LogP contribution is 2.21. The maximum Gasteiger partial charge on any atom is 0.310 e. The number of likely N-dealkylation sites (N-methyl/N-ethyl adjacent to an activating group) is 1. The average molecular weight is 494 g/mol. The summed E-state index contributed by atoms with van der Waals surface area (Å²) < 4.78 is 32.4. The third-order valence-electron chi connectivity index (χ3n) is 5.26. The molecule has 0 spiro atoms. The molecule has 33 heavy (non-hydrogen) atoms. The Labute approximate surface area is 197 Å². The Morgan fingerprint density at radius 2 is 1.94 bits per heavy atom. The summed E-state index contributed by atoms with van der Waals surface area (Å²) in [6.07, 6.45) is 1.38. The summed E-state index contributed by atoms with van der Waals surface area (Å²) in [6, 6.07) is 9.18. The van der Waals surface area contributed by atoms with Crippen LogP contribution in [-0.2, 0) is 24.3 Å². The molecular formula is C22H27N3O6S2. The van der Waals surface area contributed by atoms with Gasteiger partial charge in [-0.1, -0.05) is 6.07 Å². The molecule has 1 unspecified atom stereocenters. The first-order valence-corrected chi connectivity index (χ1v) is 12.9. The number of benzene rings is 1. The minimum absolute atomic E-state index is 0.124. The molecule has 2 aromatic rings. The molecule has 3 rings (SSSR count). The number of hydrogen-bond donors (Lipinski definition) is 1. The molecule has 1 aromatic heterocycles. The van der Waals surface area contributed by atoms with E-state index >= 15 is 0 Å². The fraction of sp³-hybridized carbons (Fsp3) is 0.409. The second-order valence-electron chi connectivity index (χ2n) is 7.71. The number of esters is 1. The molecule has 2 amide bonds. The average Bonchev–Trinajstić information content (AvgIpc) is 3.35. The molecule has 0 aliphatic carbocycles. The van der Waals surface area contributed by atoms with Crippen LogP contribution >= 0.6 is 11.3 Å². The standard InChI is InChI=1S/C22H27N3O6S2/c1-3-31-22(28)17-6-4-12-25(14-17)19(26)15-24(2)21(27)16-8-10-18(11-9-16)23-33(29,30)20-7-5-13-32-20/h5,7-11,13,17,23H,3-4,6,12,14-15H2,1-2H3. The van der Waals surface area contributed by atoms with Crippen molar-refractivity contribution in [2.75, 3.05) is 38.0 Å². The summed E-state index contributed by atoms with van der Waals surface area (Å²) in [7, 11) is -2.14. The Bertz CT molecular complexity index is 1080. The van der Waals surface area contributed by atoms with Crippen molar-refractivity contribution in [3.8, 4) is 0 Å². The maximum atomic E-state index is 12.7. The molecular weight excluding hydrogens is 466 g/mol. The number of thiophene rings is 1. The number of carbonyl (C=O) groups excluding carboxylic acids is 3. The van der Waals surface area contributed by atoms with Gasteiger partial charge in [-0.2, -0.15) is 0 Å². The fourth-order valence-electron chi connectivity index (χ4n) is 3.55. The van der Waals surface area contributed by atoms with Crippen LogP contribution in [0.2, 0.25) is 0 Å². The number of anilines is 1. The van der Waals surface area contributed by atoms with Gasteiger partial charge in [0.25, 0.3) is 15.9 Å². The van der Waals surface area contributed by atoms with Gasteiger partial charge in [-0.3, -0.25) is 19.1 Å². The quantitative estimate of drug-likeness (QED) is 0.565. The number of hydrogen-bond acceptors (Lipinski definition) is 7. The number of nitrogens with one attached hydrogen (secondary N) is 1. The number of ether oxygens (including phenoxy) is 1. The highest BCUT2D eigenvalue weighted by molar-refractivity contribution is 7.94. The molecule has 11 heteroatoms. The molecule has 0 radical (unpaired) electrons. The molecule has 0 saturated carbocycles. The number of nitrogens with zero attached hydrogens (tertiary/aromatic N) is 2. The van der Waals surface area contributed by atoms with Crippen LogP contribution in [0.25, 0.3) is 0 Å². The Kier molecular flexibility index (Phi) is 8.09. The van der Waals surface area contributed by atoms with E-state index < -0.39 is 10.0 Å². The summed E-state index contributed by atoms with van der Waals surface area (Å²) in [5.74, 6) is -1.24. The number of piperidine rings is 1. The molecule has 178 valence electrons. The zero-order chi connectivity index (χ0) is 24.0. The zero-order valence-corrected chi connectivity index (χ0v) is 20.2. The van der Waals surface area contributed by atoms with Crippen LogP contribution in [0.5, 0.6) is 0 Å². The van der Waals surface area contributed by atoms with Crippen LogP contribution in [-0.4, -0.2) is 69.3 Å². The Morgan fingerprint density at radius 1 is 1.21 bits per heavy atom. The van der Waals surface area contributed by atoms with Crippen molar-refractivity contribution < 1.29 is 27.5 Å². The van der Waals surface area contributed by atoms with Crippen molar-refractivity contribution in [1.29, 1.82) is 0 Å². The third kappa shape index (κ3) is 6.32. The topological polar surface area (TPSA) is 113 Å². The van der Waals surface area contributed by atoms with E-state index in [2.05, 4.69) is 4.72 Å². The highest BCUT2D eigenvalue weighted by Gasteiger charge is 2.30. The van der Waals surface area contributed by atoms with Gasteiger partial charge in [0, 0.05) is 31.4 Å². The summed E-state index contributed by atoms with van der Waals surface area (Å²) >= 11 is 1.11. The molecule has 9 nitrogen and oxygen atoms in total. The normalized spacial score (nSPS) is 16.2. The fourth-order valence-corrected chi connectivity index (χ4v) is 5.61. The van der Waals surface area contributed by atoms with Crippen LogP contribution in [0.4, 0.5) is 5.69 Å². The van der Waals surface area contributed by atoms with E-state index in [-0.39, 0.29) is 34.5 Å². The lowest BCUT2D eigenvalue weighted by Gasteiger charge is -2.32. The lowest BCUT2D eigenvalue weighted by Crippen LogP contribution is -2.47. The SMILES string of the molecule is CCOC(=O)C1CCCN(C(=O)CN(C)C(=O)c2ccc(NS(=O)(=O)c3cccs3)cc2)C1. The first-order valence-electron chi connectivity index (χ1n) is 10.6. The van der Waals surface area contributed by atoms with E-state index in [4.69, 9.17) is 4.74 Å². The van der Waals surface area contributed by atoms with Gasteiger partial charge >= 0.3 is 5.97 Å². The first-order chi connectivity index (χ1) is 15.7. The van der Waals surface area contributed by atoms with Gasteiger partial charge < -0.3 is 14.5 Å². The molecule has 1 aromatic carbocycles. The number of rotatable bonds is 8. The monoisotopic (exact) mass is 493 g/mol. The van der Waals surface area contributed by atoms with E-state index in [0.717, 1.165) is 11.3 Å². The predicted molar refractivity (Wildman–Crippen MR) is 124 cm³/mol. The lowest BCUT2D eigenvalue weighted by molar-refractivity contribution is -0.151.